The lowest BCUT2D eigenvalue weighted by Gasteiger charge is -2.11. The summed E-state index contributed by atoms with van der Waals surface area (Å²) in [6.07, 6.45) is 0. The van der Waals surface area contributed by atoms with E-state index in [4.69, 9.17) is 0 Å². The van der Waals surface area contributed by atoms with E-state index < -0.39 is 0 Å². The Morgan fingerprint density at radius 2 is 1.96 bits per heavy atom. The van der Waals surface area contributed by atoms with E-state index in [1.165, 1.54) is 17.8 Å². The summed E-state index contributed by atoms with van der Waals surface area (Å²) in [6, 6.07) is 14.4. The minimum absolute atomic E-state index is 0.0364. The fourth-order valence-electron chi connectivity index (χ4n) is 2.24. The molecule has 1 heterocycles. The van der Waals surface area contributed by atoms with Crippen LogP contribution in [0.1, 0.15) is 22.8 Å². The maximum absolute atomic E-state index is 12.6. The van der Waals surface area contributed by atoms with Gasteiger partial charge in [0.1, 0.15) is 5.75 Å². The quantitative estimate of drug-likeness (QED) is 0.568. The van der Waals surface area contributed by atoms with Gasteiger partial charge in [-0.1, -0.05) is 30.0 Å². The molecule has 122 valence electrons. The molecule has 0 saturated carbocycles. The minimum atomic E-state index is -0.359. The topological polar surface area (TPSA) is 80.9 Å². The van der Waals surface area contributed by atoms with Crippen LogP contribution in [0.2, 0.25) is 0 Å². The van der Waals surface area contributed by atoms with E-state index in [1.807, 2.05) is 37.3 Å². The van der Waals surface area contributed by atoms with Crippen molar-refractivity contribution in [3.63, 3.8) is 0 Å². The van der Waals surface area contributed by atoms with Crippen LogP contribution in [0.3, 0.4) is 0 Å². The number of ketones is 1. The number of carbonyl (C=O) groups is 1. The first-order chi connectivity index (χ1) is 11.6. The third-order valence-electron chi connectivity index (χ3n) is 3.57. The van der Waals surface area contributed by atoms with Crippen molar-refractivity contribution < 1.29 is 9.90 Å². The van der Waals surface area contributed by atoms with E-state index >= 15 is 0 Å². The van der Waals surface area contributed by atoms with Gasteiger partial charge in [-0.05, 0) is 60.2 Å². The van der Waals surface area contributed by atoms with Crippen molar-refractivity contribution in [2.24, 2.45) is 0 Å². The molecule has 0 fully saturated rings. The summed E-state index contributed by atoms with van der Waals surface area (Å²) in [6.45, 7) is 3.58. The second-order valence-electron chi connectivity index (χ2n) is 5.33. The van der Waals surface area contributed by atoms with Gasteiger partial charge in [-0.2, -0.15) is 4.68 Å². The average Bonchev–Trinajstić information content (AvgIpc) is 3.05. The zero-order chi connectivity index (χ0) is 17.1. The molecular weight excluding hydrogens is 324 g/mol. The molecule has 0 spiro atoms. The summed E-state index contributed by atoms with van der Waals surface area (Å²) in [5.41, 5.74) is 2.07. The Labute approximate surface area is 143 Å². The molecular formula is C17H16N4O2S. The monoisotopic (exact) mass is 340 g/mol. The van der Waals surface area contributed by atoms with E-state index in [-0.39, 0.29) is 16.8 Å². The third-order valence-corrected chi connectivity index (χ3v) is 4.61. The Kier molecular flexibility index (Phi) is 4.61. The highest BCUT2D eigenvalue weighted by Gasteiger charge is 2.21. The van der Waals surface area contributed by atoms with E-state index in [1.54, 1.807) is 23.7 Å². The Balaban J connectivity index is 1.80. The van der Waals surface area contributed by atoms with Crippen LogP contribution in [0.5, 0.6) is 5.75 Å². The Morgan fingerprint density at radius 3 is 2.67 bits per heavy atom. The third kappa shape index (κ3) is 3.30. The molecule has 0 aliphatic rings. The van der Waals surface area contributed by atoms with Crippen LogP contribution < -0.4 is 0 Å². The standard InChI is InChI=1S/C17H16N4O2S/c1-11-10-13(8-9-15(11)22)16(23)12(2)24-17-18-19-20-21(17)14-6-4-3-5-7-14/h3-10,12,22H,1-2H3/t12-/m1/s1. The van der Waals surface area contributed by atoms with Gasteiger partial charge in [0.2, 0.25) is 5.16 Å². The van der Waals surface area contributed by atoms with Crippen LogP contribution in [-0.2, 0) is 0 Å². The first-order valence-electron chi connectivity index (χ1n) is 7.40. The molecule has 24 heavy (non-hydrogen) atoms. The van der Waals surface area contributed by atoms with Crippen molar-refractivity contribution in [3.8, 4) is 11.4 Å². The Hall–Kier alpha value is -2.67. The van der Waals surface area contributed by atoms with Crippen LogP contribution in [0.4, 0.5) is 0 Å². The summed E-state index contributed by atoms with van der Waals surface area (Å²) in [5.74, 6) is 0.144. The van der Waals surface area contributed by atoms with Crippen LogP contribution in [0.15, 0.2) is 53.7 Å². The first kappa shape index (κ1) is 16.2. The largest absolute Gasteiger partial charge is 0.508 e. The van der Waals surface area contributed by atoms with Crippen molar-refractivity contribution >= 4 is 17.5 Å². The first-order valence-corrected chi connectivity index (χ1v) is 8.28. The number of Topliss-reactive ketones (excluding diaryl/α,β-unsaturated/α-hetero) is 1. The van der Waals surface area contributed by atoms with Crippen molar-refractivity contribution in [2.45, 2.75) is 24.3 Å². The number of phenolic OH excluding ortho intramolecular Hbond substituents is 1. The number of rotatable bonds is 5. The van der Waals surface area contributed by atoms with E-state index in [0.29, 0.717) is 16.3 Å². The van der Waals surface area contributed by atoms with Gasteiger partial charge >= 0.3 is 0 Å². The molecule has 0 bridgehead atoms. The predicted octanol–water partition coefficient (Wildman–Crippen LogP) is 3.04. The number of aromatic nitrogens is 4. The smallest absolute Gasteiger partial charge is 0.214 e. The second-order valence-corrected chi connectivity index (χ2v) is 6.64. The summed E-state index contributed by atoms with van der Waals surface area (Å²) in [5, 5.41) is 21.5. The van der Waals surface area contributed by atoms with Crippen molar-refractivity contribution in [1.29, 1.82) is 0 Å². The summed E-state index contributed by atoms with van der Waals surface area (Å²) in [7, 11) is 0. The van der Waals surface area contributed by atoms with Crippen LogP contribution in [0.25, 0.3) is 5.69 Å². The van der Waals surface area contributed by atoms with Gasteiger partial charge in [0.15, 0.2) is 5.78 Å². The molecule has 2 aromatic carbocycles. The Bertz CT molecular complexity index is 864. The van der Waals surface area contributed by atoms with Crippen LogP contribution in [0, 0.1) is 6.92 Å². The molecule has 0 saturated heterocycles. The number of aryl methyl sites for hydroxylation is 1. The van der Waals surface area contributed by atoms with Gasteiger partial charge in [-0.25, -0.2) is 0 Å². The Morgan fingerprint density at radius 1 is 1.21 bits per heavy atom. The molecule has 6 nitrogen and oxygen atoms in total. The molecule has 1 atom stereocenters. The van der Waals surface area contributed by atoms with E-state index in [0.717, 1.165) is 5.69 Å². The number of hydrogen-bond acceptors (Lipinski definition) is 6. The number of carbonyl (C=O) groups excluding carboxylic acids is 1. The number of tetrazole rings is 1. The van der Waals surface area contributed by atoms with E-state index in [9.17, 15) is 9.90 Å². The fraction of sp³-hybridized carbons (Fsp3) is 0.176. The number of benzene rings is 2. The SMILES string of the molecule is Cc1cc(C(=O)[C@@H](C)Sc2nnnn2-c2ccccc2)ccc1O. The highest BCUT2D eigenvalue weighted by Crippen LogP contribution is 2.26. The van der Waals surface area contributed by atoms with Crippen molar-refractivity contribution in [2.75, 3.05) is 0 Å². The van der Waals surface area contributed by atoms with Crippen molar-refractivity contribution in [1.82, 2.24) is 20.2 Å². The normalized spacial score (nSPS) is 12.1. The van der Waals surface area contributed by atoms with Gasteiger partial charge in [-0.15, -0.1) is 5.10 Å². The lowest BCUT2D eigenvalue weighted by atomic mass is 10.1. The lowest BCUT2D eigenvalue weighted by Crippen LogP contribution is -2.15. The molecule has 0 aliphatic carbocycles. The number of phenols is 1. The van der Waals surface area contributed by atoms with Gasteiger partial charge in [-0.3, -0.25) is 4.79 Å². The van der Waals surface area contributed by atoms with Crippen LogP contribution in [-0.4, -0.2) is 36.3 Å². The molecule has 0 unspecified atom stereocenters. The molecule has 7 heteroatoms. The minimum Gasteiger partial charge on any atom is -0.508 e. The molecule has 0 radical (unpaired) electrons. The van der Waals surface area contributed by atoms with Crippen molar-refractivity contribution in [3.05, 3.63) is 59.7 Å². The number of hydrogen-bond donors (Lipinski definition) is 1. The predicted molar refractivity (Wildman–Crippen MR) is 91.6 cm³/mol. The summed E-state index contributed by atoms with van der Waals surface area (Å²) < 4.78 is 1.61. The highest BCUT2D eigenvalue weighted by molar-refractivity contribution is 8.00. The number of thioether (sulfide) groups is 1. The number of nitrogens with zero attached hydrogens (tertiary/aromatic N) is 4. The van der Waals surface area contributed by atoms with E-state index in [2.05, 4.69) is 15.5 Å². The molecule has 0 amide bonds. The van der Waals surface area contributed by atoms with Gasteiger partial charge < -0.3 is 5.11 Å². The van der Waals surface area contributed by atoms with Gasteiger partial charge in [0.05, 0.1) is 10.9 Å². The maximum atomic E-state index is 12.6. The summed E-state index contributed by atoms with van der Waals surface area (Å²) >= 11 is 1.30. The average molecular weight is 340 g/mol. The van der Waals surface area contributed by atoms with Gasteiger partial charge in [0.25, 0.3) is 0 Å². The zero-order valence-electron chi connectivity index (χ0n) is 13.2. The summed E-state index contributed by atoms with van der Waals surface area (Å²) in [4.78, 5) is 12.6. The lowest BCUT2D eigenvalue weighted by molar-refractivity contribution is 0.0993. The molecule has 3 aromatic rings. The second kappa shape index (κ2) is 6.84. The molecule has 1 N–H and O–H groups in total. The number of para-hydroxylation sites is 1. The molecule has 0 aliphatic heterocycles. The molecule has 1 aromatic heterocycles. The number of aromatic hydroxyl groups is 1. The highest BCUT2D eigenvalue weighted by atomic mass is 32.2. The fourth-order valence-corrected chi connectivity index (χ4v) is 3.12. The van der Waals surface area contributed by atoms with Crippen LogP contribution >= 0.6 is 11.8 Å². The molecule has 3 rings (SSSR count). The maximum Gasteiger partial charge on any atom is 0.214 e. The zero-order valence-corrected chi connectivity index (χ0v) is 14.1. The van der Waals surface area contributed by atoms with Gasteiger partial charge in [0, 0.05) is 5.56 Å².